The average molecular weight is 274 g/mol. The first kappa shape index (κ1) is 14.3. The third-order valence-electron chi connectivity index (χ3n) is 3.99. The number of piperidine rings is 1. The van der Waals surface area contributed by atoms with Gasteiger partial charge in [-0.05, 0) is 30.9 Å². The molecule has 1 aromatic carbocycles. The van der Waals surface area contributed by atoms with E-state index in [0.29, 0.717) is 12.5 Å². The summed E-state index contributed by atoms with van der Waals surface area (Å²) in [4.78, 5) is 12.5. The second kappa shape index (κ2) is 5.88. The quantitative estimate of drug-likeness (QED) is 0.672. The van der Waals surface area contributed by atoms with Crippen LogP contribution in [-0.2, 0) is 0 Å². The summed E-state index contributed by atoms with van der Waals surface area (Å²) in [5.74, 6) is 0.481. The van der Waals surface area contributed by atoms with Gasteiger partial charge in [0.25, 0.3) is 5.69 Å². The lowest BCUT2D eigenvalue weighted by molar-refractivity contribution is -0.385. The van der Waals surface area contributed by atoms with E-state index >= 15 is 0 Å². The Kier molecular flexibility index (Phi) is 4.20. The van der Waals surface area contributed by atoms with Gasteiger partial charge in [-0.25, -0.2) is 0 Å². The Labute approximate surface area is 117 Å². The maximum absolute atomic E-state index is 10.9. The fourth-order valence-electron chi connectivity index (χ4n) is 2.88. The van der Waals surface area contributed by atoms with E-state index < -0.39 is 4.92 Å². The summed E-state index contributed by atoms with van der Waals surface area (Å²) in [7, 11) is 0. The fourth-order valence-corrected chi connectivity index (χ4v) is 2.88. The van der Waals surface area contributed by atoms with E-state index in [0.717, 1.165) is 25.1 Å². The number of benzene rings is 1. The summed E-state index contributed by atoms with van der Waals surface area (Å²) in [6, 6.07) is 6.83. The van der Waals surface area contributed by atoms with Gasteiger partial charge in [-0.2, -0.15) is 5.26 Å². The van der Waals surface area contributed by atoms with Crippen molar-refractivity contribution in [3.05, 3.63) is 33.9 Å². The zero-order chi connectivity index (χ0) is 14.7. The molecule has 0 aromatic heterocycles. The molecule has 20 heavy (non-hydrogen) atoms. The zero-order valence-electron chi connectivity index (χ0n) is 11.5. The lowest BCUT2D eigenvalue weighted by Crippen LogP contribution is -2.48. The van der Waals surface area contributed by atoms with E-state index in [2.05, 4.69) is 11.8 Å². The van der Waals surface area contributed by atoms with Gasteiger partial charge in [0.2, 0.25) is 0 Å². The van der Waals surface area contributed by atoms with Crippen molar-refractivity contribution >= 4 is 11.4 Å². The molecule has 2 unspecified atom stereocenters. The summed E-state index contributed by atoms with van der Waals surface area (Å²) in [6.45, 7) is 3.58. The molecule has 6 heteroatoms. The maximum atomic E-state index is 10.9. The van der Waals surface area contributed by atoms with Gasteiger partial charge in [0.15, 0.2) is 0 Å². The molecule has 0 aliphatic carbocycles. The first-order valence-electron chi connectivity index (χ1n) is 6.73. The highest BCUT2D eigenvalue weighted by Crippen LogP contribution is 2.31. The number of hydrogen-bond acceptors (Lipinski definition) is 5. The Balaban J connectivity index is 2.37. The van der Waals surface area contributed by atoms with E-state index in [1.165, 1.54) is 6.07 Å². The topological polar surface area (TPSA) is 96.2 Å². The third kappa shape index (κ3) is 2.58. The minimum atomic E-state index is -0.526. The van der Waals surface area contributed by atoms with Crippen LogP contribution < -0.4 is 10.6 Å². The van der Waals surface area contributed by atoms with E-state index in [-0.39, 0.29) is 17.3 Å². The standard InChI is InChI=1S/C14H18N4O2/c1-10-3-2-6-17(14(10)9-16)12-4-5-13(18(19)20)11(7-12)8-15/h4-5,7,10,14H,2-3,6,9,16H2,1H3. The summed E-state index contributed by atoms with van der Waals surface area (Å²) in [5.41, 5.74) is 6.65. The minimum absolute atomic E-state index is 0.0986. The molecule has 1 heterocycles. The fraction of sp³-hybridized carbons (Fsp3) is 0.500. The van der Waals surface area contributed by atoms with Crippen molar-refractivity contribution in [1.29, 1.82) is 5.26 Å². The predicted molar refractivity (Wildman–Crippen MR) is 76.4 cm³/mol. The van der Waals surface area contributed by atoms with Gasteiger partial charge in [-0.3, -0.25) is 10.1 Å². The molecule has 1 aromatic rings. The number of anilines is 1. The highest BCUT2D eigenvalue weighted by molar-refractivity contribution is 5.60. The van der Waals surface area contributed by atoms with Crippen molar-refractivity contribution in [3.8, 4) is 6.07 Å². The van der Waals surface area contributed by atoms with Crippen LogP contribution in [0.2, 0.25) is 0 Å². The molecular formula is C14H18N4O2. The lowest BCUT2D eigenvalue weighted by Gasteiger charge is -2.41. The lowest BCUT2D eigenvalue weighted by atomic mass is 9.90. The van der Waals surface area contributed by atoms with Crippen molar-refractivity contribution in [3.63, 3.8) is 0 Å². The minimum Gasteiger partial charge on any atom is -0.367 e. The summed E-state index contributed by atoms with van der Waals surface area (Å²) >= 11 is 0. The van der Waals surface area contributed by atoms with Crippen LogP contribution in [0.5, 0.6) is 0 Å². The Morgan fingerprint density at radius 3 is 2.95 bits per heavy atom. The molecule has 0 spiro atoms. The predicted octanol–water partition coefficient (Wildman–Crippen LogP) is 2.03. The van der Waals surface area contributed by atoms with Crippen molar-refractivity contribution in [2.24, 2.45) is 11.7 Å². The van der Waals surface area contributed by atoms with Crippen LogP contribution in [0.25, 0.3) is 0 Å². The maximum Gasteiger partial charge on any atom is 0.287 e. The number of nitro benzene ring substituents is 1. The van der Waals surface area contributed by atoms with E-state index in [4.69, 9.17) is 11.0 Å². The van der Waals surface area contributed by atoms with Gasteiger partial charge in [0.1, 0.15) is 11.6 Å². The van der Waals surface area contributed by atoms with Gasteiger partial charge in [-0.1, -0.05) is 6.92 Å². The van der Waals surface area contributed by atoms with Crippen molar-refractivity contribution in [2.45, 2.75) is 25.8 Å². The van der Waals surface area contributed by atoms with E-state index in [1.54, 1.807) is 12.1 Å². The van der Waals surface area contributed by atoms with Crippen LogP contribution in [0.1, 0.15) is 25.3 Å². The Morgan fingerprint density at radius 1 is 1.60 bits per heavy atom. The number of nitriles is 1. The first-order valence-corrected chi connectivity index (χ1v) is 6.73. The van der Waals surface area contributed by atoms with Gasteiger partial charge >= 0.3 is 0 Å². The van der Waals surface area contributed by atoms with Gasteiger partial charge in [0, 0.05) is 30.9 Å². The monoisotopic (exact) mass is 274 g/mol. The SMILES string of the molecule is CC1CCCN(c2ccc([N+](=O)[O-])c(C#N)c2)C1CN. The molecule has 0 saturated carbocycles. The molecule has 6 nitrogen and oxygen atoms in total. The molecular weight excluding hydrogens is 256 g/mol. The van der Waals surface area contributed by atoms with Crippen LogP contribution >= 0.6 is 0 Å². The van der Waals surface area contributed by atoms with Gasteiger partial charge < -0.3 is 10.6 Å². The summed E-state index contributed by atoms with van der Waals surface area (Å²) in [6.07, 6.45) is 2.20. The van der Waals surface area contributed by atoms with Crippen molar-refractivity contribution < 1.29 is 4.92 Å². The second-order valence-corrected chi connectivity index (χ2v) is 5.19. The summed E-state index contributed by atoms with van der Waals surface area (Å²) < 4.78 is 0. The van der Waals surface area contributed by atoms with Crippen LogP contribution in [0, 0.1) is 27.4 Å². The van der Waals surface area contributed by atoms with Crippen LogP contribution in [0.15, 0.2) is 18.2 Å². The van der Waals surface area contributed by atoms with Crippen LogP contribution in [-0.4, -0.2) is 24.1 Å². The third-order valence-corrected chi connectivity index (χ3v) is 3.99. The van der Waals surface area contributed by atoms with E-state index in [9.17, 15) is 10.1 Å². The zero-order valence-corrected chi connectivity index (χ0v) is 11.5. The summed E-state index contributed by atoms with van der Waals surface area (Å²) in [5, 5.41) is 19.9. The Hall–Kier alpha value is -2.13. The molecule has 2 rings (SSSR count). The number of nitrogens with two attached hydrogens (primary N) is 1. The van der Waals surface area contributed by atoms with Gasteiger partial charge in [0.05, 0.1) is 4.92 Å². The molecule has 1 saturated heterocycles. The van der Waals surface area contributed by atoms with Crippen molar-refractivity contribution in [2.75, 3.05) is 18.0 Å². The average Bonchev–Trinajstić information content (AvgIpc) is 2.46. The van der Waals surface area contributed by atoms with Crippen LogP contribution in [0.4, 0.5) is 11.4 Å². The van der Waals surface area contributed by atoms with E-state index in [1.807, 2.05) is 6.07 Å². The number of rotatable bonds is 3. The second-order valence-electron chi connectivity index (χ2n) is 5.19. The number of nitrogens with zero attached hydrogens (tertiary/aromatic N) is 3. The van der Waals surface area contributed by atoms with Crippen LogP contribution in [0.3, 0.4) is 0 Å². The Bertz CT molecular complexity index is 553. The highest BCUT2D eigenvalue weighted by Gasteiger charge is 2.28. The molecule has 2 atom stereocenters. The molecule has 1 aliphatic heterocycles. The van der Waals surface area contributed by atoms with Gasteiger partial charge in [-0.15, -0.1) is 0 Å². The molecule has 0 bridgehead atoms. The largest absolute Gasteiger partial charge is 0.367 e. The normalized spacial score (nSPS) is 22.4. The smallest absolute Gasteiger partial charge is 0.287 e. The molecule has 1 fully saturated rings. The molecule has 106 valence electrons. The number of hydrogen-bond donors (Lipinski definition) is 1. The highest BCUT2D eigenvalue weighted by atomic mass is 16.6. The number of nitro groups is 1. The molecule has 0 radical (unpaired) electrons. The molecule has 1 aliphatic rings. The van der Waals surface area contributed by atoms with Crippen molar-refractivity contribution in [1.82, 2.24) is 0 Å². The molecule has 0 amide bonds. The Morgan fingerprint density at radius 2 is 2.35 bits per heavy atom. The molecule has 2 N–H and O–H groups in total. The first-order chi connectivity index (χ1) is 9.58.